The average Bonchev–Trinajstić information content (AvgIpc) is 3.17. The van der Waals surface area contributed by atoms with Crippen LogP contribution in [0.15, 0.2) is 34.8 Å². The van der Waals surface area contributed by atoms with E-state index < -0.39 is 5.60 Å². The maximum absolute atomic E-state index is 12.9. The van der Waals surface area contributed by atoms with Crippen LogP contribution in [-0.2, 0) is 17.6 Å². The van der Waals surface area contributed by atoms with Gasteiger partial charge < -0.3 is 9.72 Å². The number of rotatable bonds is 1. The van der Waals surface area contributed by atoms with Crippen molar-refractivity contribution in [1.29, 1.82) is 0 Å². The Kier molecular flexibility index (Phi) is 3.83. The fourth-order valence-corrected chi connectivity index (χ4v) is 4.95. The molecule has 1 saturated heterocycles. The van der Waals surface area contributed by atoms with E-state index in [0.29, 0.717) is 5.92 Å². The number of fused-ring (bicyclic) bond motifs is 4. The highest BCUT2D eigenvalue weighted by atomic mass is 79.9. The van der Waals surface area contributed by atoms with Crippen molar-refractivity contribution in [3.8, 4) is 11.3 Å². The number of aromatic nitrogens is 2. The summed E-state index contributed by atoms with van der Waals surface area (Å²) in [6.45, 7) is 10.0. The molecule has 1 N–H and O–H groups in total. The Morgan fingerprint density at radius 2 is 2.14 bits per heavy atom. The van der Waals surface area contributed by atoms with Gasteiger partial charge in [-0.2, -0.15) is 0 Å². The lowest BCUT2D eigenvalue weighted by atomic mass is 9.92. The highest BCUT2D eigenvalue weighted by Gasteiger charge is 2.58. The molecule has 5 nitrogen and oxygen atoms in total. The molecule has 0 spiro atoms. The fourth-order valence-electron chi connectivity index (χ4n) is 4.55. The van der Waals surface area contributed by atoms with Crippen LogP contribution in [0, 0.1) is 5.92 Å². The molecule has 6 heteroatoms. The monoisotopic (exact) mass is 441 g/mol. The minimum atomic E-state index is -0.523. The van der Waals surface area contributed by atoms with Crippen LogP contribution in [0.1, 0.15) is 50.3 Å². The number of imidazole rings is 1. The van der Waals surface area contributed by atoms with Crippen LogP contribution < -0.4 is 0 Å². The van der Waals surface area contributed by atoms with Crippen molar-refractivity contribution in [1.82, 2.24) is 14.9 Å². The second-order valence-corrected chi connectivity index (χ2v) is 9.94. The number of benzene rings is 1. The van der Waals surface area contributed by atoms with Crippen molar-refractivity contribution in [2.24, 2.45) is 5.92 Å². The van der Waals surface area contributed by atoms with Crippen LogP contribution in [-0.4, -0.2) is 32.6 Å². The minimum Gasteiger partial charge on any atom is -0.444 e. The largest absolute Gasteiger partial charge is 0.444 e. The highest BCUT2D eigenvalue weighted by molar-refractivity contribution is 9.10. The molecule has 3 atom stereocenters. The van der Waals surface area contributed by atoms with Crippen LogP contribution in [0.5, 0.6) is 0 Å². The maximum Gasteiger partial charge on any atom is 0.411 e. The van der Waals surface area contributed by atoms with E-state index in [1.165, 1.54) is 11.1 Å². The van der Waals surface area contributed by atoms with Crippen LogP contribution in [0.4, 0.5) is 4.79 Å². The van der Waals surface area contributed by atoms with Crippen molar-refractivity contribution in [2.75, 3.05) is 0 Å². The number of aryl methyl sites for hydroxylation is 2. The predicted molar refractivity (Wildman–Crippen MR) is 111 cm³/mol. The van der Waals surface area contributed by atoms with Crippen molar-refractivity contribution < 1.29 is 9.53 Å². The first-order valence-electron chi connectivity index (χ1n) is 9.80. The van der Waals surface area contributed by atoms with E-state index in [-0.39, 0.29) is 18.2 Å². The molecule has 5 rings (SSSR count). The number of piperidine rings is 1. The fraction of sp³-hybridized carbons (Fsp3) is 0.455. The topological polar surface area (TPSA) is 58.2 Å². The van der Waals surface area contributed by atoms with Gasteiger partial charge in [-0.05, 0) is 63.3 Å². The summed E-state index contributed by atoms with van der Waals surface area (Å²) in [5.74, 6) is 1.17. The first-order valence-corrected chi connectivity index (χ1v) is 10.6. The number of H-pyrrole nitrogens is 1. The van der Waals surface area contributed by atoms with Crippen molar-refractivity contribution in [2.45, 2.75) is 57.7 Å². The van der Waals surface area contributed by atoms with E-state index in [9.17, 15) is 4.79 Å². The lowest BCUT2D eigenvalue weighted by molar-refractivity contribution is 0.0194. The summed E-state index contributed by atoms with van der Waals surface area (Å²) in [5, 5.41) is 0. The standard InChI is InChI=1S/C22H24BrN3O2/c1-11-15-10-17(15)26(21(27)28-22(2,3)4)19(11)20-24-16-8-5-12-9-13(23)6-7-14(12)18(16)25-20/h6-7,9,15,17,19H,1,5,8,10H2,2-4H3,(H,24,25). The minimum absolute atomic E-state index is 0.192. The third kappa shape index (κ3) is 2.81. The molecule has 1 aromatic carbocycles. The Balaban J connectivity index is 1.52. The summed E-state index contributed by atoms with van der Waals surface area (Å²) >= 11 is 3.56. The van der Waals surface area contributed by atoms with Crippen LogP contribution in [0.3, 0.4) is 0 Å². The van der Waals surface area contributed by atoms with E-state index in [2.05, 4.69) is 45.7 Å². The SMILES string of the molecule is C=C1C2CC2N(C(=O)OC(C)(C)C)C1c1nc2c([nH]1)CCc1cc(Br)ccc1-2. The van der Waals surface area contributed by atoms with Crippen LogP contribution >= 0.6 is 15.9 Å². The molecular formula is C22H24BrN3O2. The van der Waals surface area contributed by atoms with Gasteiger partial charge in [-0.3, -0.25) is 4.90 Å². The third-order valence-electron chi connectivity index (χ3n) is 5.85. The van der Waals surface area contributed by atoms with Gasteiger partial charge in [0, 0.05) is 27.7 Å². The molecule has 2 fully saturated rings. The van der Waals surface area contributed by atoms with E-state index >= 15 is 0 Å². The molecule has 1 saturated carbocycles. The quantitative estimate of drug-likeness (QED) is 0.620. The van der Waals surface area contributed by atoms with E-state index in [0.717, 1.165) is 46.5 Å². The summed E-state index contributed by atoms with van der Waals surface area (Å²) in [7, 11) is 0. The molecule has 0 bridgehead atoms. The lowest BCUT2D eigenvalue weighted by Gasteiger charge is -2.30. The second-order valence-electron chi connectivity index (χ2n) is 9.03. The van der Waals surface area contributed by atoms with Gasteiger partial charge >= 0.3 is 6.09 Å². The Hall–Kier alpha value is -2.08. The van der Waals surface area contributed by atoms with Gasteiger partial charge in [0.1, 0.15) is 17.5 Å². The number of aromatic amines is 1. The Bertz CT molecular complexity index is 1000. The molecule has 2 aliphatic carbocycles. The molecule has 0 radical (unpaired) electrons. The van der Waals surface area contributed by atoms with Gasteiger partial charge in [-0.15, -0.1) is 0 Å². The Morgan fingerprint density at radius 3 is 2.89 bits per heavy atom. The van der Waals surface area contributed by atoms with Crippen molar-refractivity contribution in [3.05, 3.63) is 51.9 Å². The summed E-state index contributed by atoms with van der Waals surface area (Å²) < 4.78 is 6.78. The molecule has 1 aromatic heterocycles. The smallest absolute Gasteiger partial charge is 0.411 e. The predicted octanol–water partition coefficient (Wildman–Crippen LogP) is 5.17. The molecule has 1 amide bonds. The summed E-state index contributed by atoms with van der Waals surface area (Å²) in [5.41, 5.74) is 5.16. The van der Waals surface area contributed by atoms with Crippen LogP contribution in [0.2, 0.25) is 0 Å². The first kappa shape index (κ1) is 18.0. The van der Waals surface area contributed by atoms with Gasteiger partial charge in [-0.1, -0.05) is 28.6 Å². The first-order chi connectivity index (χ1) is 13.2. The Morgan fingerprint density at radius 1 is 1.36 bits per heavy atom. The second kappa shape index (κ2) is 5.96. The van der Waals surface area contributed by atoms with E-state index in [4.69, 9.17) is 9.72 Å². The molecule has 28 heavy (non-hydrogen) atoms. The average molecular weight is 442 g/mol. The normalized spacial score (nSPS) is 25.2. The number of nitrogens with zero attached hydrogens (tertiary/aromatic N) is 2. The number of halogens is 1. The van der Waals surface area contributed by atoms with Crippen LogP contribution in [0.25, 0.3) is 11.3 Å². The van der Waals surface area contributed by atoms with E-state index in [1.807, 2.05) is 25.7 Å². The number of nitrogens with one attached hydrogen (secondary N) is 1. The molecule has 1 aliphatic heterocycles. The zero-order valence-corrected chi connectivity index (χ0v) is 18.0. The van der Waals surface area contributed by atoms with E-state index in [1.54, 1.807) is 0 Å². The number of hydrogen-bond acceptors (Lipinski definition) is 3. The zero-order valence-electron chi connectivity index (χ0n) is 16.4. The van der Waals surface area contributed by atoms with Gasteiger partial charge in [0.2, 0.25) is 0 Å². The van der Waals surface area contributed by atoms with Gasteiger partial charge in [0.05, 0.1) is 5.69 Å². The Labute approximate surface area is 173 Å². The maximum atomic E-state index is 12.9. The van der Waals surface area contributed by atoms with Gasteiger partial charge in [-0.25, -0.2) is 9.78 Å². The number of carbonyl (C=O) groups is 1. The molecule has 3 unspecified atom stereocenters. The third-order valence-corrected chi connectivity index (χ3v) is 6.34. The molecule has 146 valence electrons. The van der Waals surface area contributed by atoms with Crippen molar-refractivity contribution in [3.63, 3.8) is 0 Å². The van der Waals surface area contributed by atoms with Gasteiger partial charge in [0.15, 0.2) is 0 Å². The van der Waals surface area contributed by atoms with Crippen molar-refractivity contribution >= 4 is 22.0 Å². The lowest BCUT2D eigenvalue weighted by Crippen LogP contribution is -2.39. The summed E-state index contributed by atoms with van der Waals surface area (Å²) in [6, 6.07) is 6.30. The zero-order chi connectivity index (χ0) is 19.8. The molecular weight excluding hydrogens is 418 g/mol. The molecule has 2 heterocycles. The number of likely N-dealkylation sites (tertiary alicyclic amines) is 1. The molecule has 2 aromatic rings. The van der Waals surface area contributed by atoms with Gasteiger partial charge in [0.25, 0.3) is 0 Å². The number of ether oxygens (including phenoxy) is 1. The number of amides is 1. The number of hydrogen-bond donors (Lipinski definition) is 1. The summed E-state index contributed by atoms with van der Waals surface area (Å²) in [4.78, 5) is 23.2. The highest BCUT2D eigenvalue weighted by Crippen LogP contribution is 2.56. The number of carbonyl (C=O) groups excluding carboxylic acids is 1. The molecule has 3 aliphatic rings. The summed E-state index contributed by atoms with van der Waals surface area (Å²) in [6.07, 6.45) is 2.61.